The van der Waals surface area contributed by atoms with Gasteiger partial charge in [-0.05, 0) is 13.8 Å². The fraction of sp³-hybridized carbons (Fsp3) is 0.556. The summed E-state index contributed by atoms with van der Waals surface area (Å²) >= 11 is 0. The van der Waals surface area contributed by atoms with Gasteiger partial charge in [0.25, 0.3) is 0 Å². The molecule has 14 heavy (non-hydrogen) atoms. The van der Waals surface area contributed by atoms with Gasteiger partial charge in [0.2, 0.25) is 5.88 Å². The molecule has 0 saturated heterocycles. The molecule has 78 valence electrons. The molecule has 1 atom stereocenters. The molecule has 1 aromatic heterocycles. The van der Waals surface area contributed by atoms with Crippen LogP contribution in [0.4, 0.5) is 5.82 Å². The number of aliphatic hydroxyl groups is 1. The summed E-state index contributed by atoms with van der Waals surface area (Å²) < 4.78 is 5.20. The largest absolute Gasteiger partial charge is 0.478 e. The molecule has 0 amide bonds. The number of rotatable bonds is 5. The summed E-state index contributed by atoms with van der Waals surface area (Å²) in [7, 11) is 0. The van der Waals surface area contributed by atoms with Crippen molar-refractivity contribution in [2.75, 3.05) is 18.5 Å². The van der Waals surface area contributed by atoms with E-state index in [-0.39, 0.29) is 0 Å². The Morgan fingerprint density at radius 2 is 2.36 bits per heavy atom. The first kappa shape index (κ1) is 10.7. The number of hydrogen-bond donors (Lipinski definition) is 2. The number of aromatic nitrogens is 2. The number of ether oxygens (including phenoxy) is 1. The monoisotopic (exact) mass is 197 g/mol. The number of hydrogen-bond acceptors (Lipinski definition) is 5. The molecular weight excluding hydrogens is 182 g/mol. The molecule has 0 fully saturated rings. The Morgan fingerprint density at radius 1 is 1.57 bits per heavy atom. The molecule has 1 aromatic rings. The van der Waals surface area contributed by atoms with Crippen molar-refractivity contribution in [3.63, 3.8) is 0 Å². The average Bonchev–Trinajstić information content (AvgIpc) is 2.16. The quantitative estimate of drug-likeness (QED) is 0.726. The van der Waals surface area contributed by atoms with Crippen molar-refractivity contribution in [2.45, 2.75) is 20.0 Å². The van der Waals surface area contributed by atoms with Gasteiger partial charge in [0.1, 0.15) is 12.1 Å². The summed E-state index contributed by atoms with van der Waals surface area (Å²) in [5, 5.41) is 12.0. The standard InChI is InChI=1S/C9H15N3O2/c1-3-14-9-4-8(11-6-12-9)10-5-7(2)13/h4,6-7,13H,3,5H2,1-2H3,(H,10,11,12). The SMILES string of the molecule is CCOc1cc(NCC(C)O)ncn1. The lowest BCUT2D eigenvalue weighted by atomic mass is 10.4. The Hall–Kier alpha value is -1.36. The number of anilines is 1. The van der Waals surface area contributed by atoms with E-state index in [0.717, 1.165) is 0 Å². The van der Waals surface area contributed by atoms with Crippen molar-refractivity contribution >= 4 is 5.82 Å². The second-order valence-electron chi connectivity index (χ2n) is 2.90. The minimum Gasteiger partial charge on any atom is -0.478 e. The van der Waals surface area contributed by atoms with E-state index in [2.05, 4.69) is 15.3 Å². The summed E-state index contributed by atoms with van der Waals surface area (Å²) in [6.07, 6.45) is 1.02. The van der Waals surface area contributed by atoms with Gasteiger partial charge in [-0.1, -0.05) is 0 Å². The molecule has 2 N–H and O–H groups in total. The molecule has 0 aliphatic heterocycles. The van der Waals surface area contributed by atoms with Crippen LogP contribution in [-0.2, 0) is 0 Å². The Morgan fingerprint density at radius 3 is 3.00 bits per heavy atom. The lowest BCUT2D eigenvalue weighted by molar-refractivity contribution is 0.208. The van der Waals surface area contributed by atoms with Crippen molar-refractivity contribution in [1.29, 1.82) is 0 Å². The number of nitrogens with one attached hydrogen (secondary N) is 1. The maximum atomic E-state index is 9.05. The van der Waals surface area contributed by atoms with Gasteiger partial charge in [-0.3, -0.25) is 0 Å². The summed E-state index contributed by atoms with van der Waals surface area (Å²) in [6.45, 7) is 4.64. The topological polar surface area (TPSA) is 67.3 Å². The highest BCUT2D eigenvalue weighted by Gasteiger charge is 2.00. The van der Waals surface area contributed by atoms with Gasteiger partial charge >= 0.3 is 0 Å². The molecule has 0 spiro atoms. The fourth-order valence-corrected chi connectivity index (χ4v) is 0.915. The van der Waals surface area contributed by atoms with E-state index in [1.54, 1.807) is 13.0 Å². The van der Waals surface area contributed by atoms with E-state index < -0.39 is 6.10 Å². The zero-order chi connectivity index (χ0) is 10.4. The maximum Gasteiger partial charge on any atom is 0.218 e. The highest BCUT2D eigenvalue weighted by atomic mass is 16.5. The minimum atomic E-state index is -0.402. The van der Waals surface area contributed by atoms with Crippen molar-refractivity contribution < 1.29 is 9.84 Å². The van der Waals surface area contributed by atoms with Gasteiger partial charge in [-0.2, -0.15) is 0 Å². The van der Waals surface area contributed by atoms with Crippen LogP contribution in [0, 0.1) is 0 Å². The van der Waals surface area contributed by atoms with Crippen LogP contribution in [0.2, 0.25) is 0 Å². The maximum absolute atomic E-state index is 9.05. The second kappa shape index (κ2) is 5.39. The zero-order valence-corrected chi connectivity index (χ0v) is 8.40. The summed E-state index contributed by atoms with van der Waals surface area (Å²) in [5.41, 5.74) is 0. The first-order chi connectivity index (χ1) is 6.72. The molecule has 1 unspecified atom stereocenters. The Balaban J connectivity index is 2.54. The van der Waals surface area contributed by atoms with Crippen molar-refractivity contribution in [3.05, 3.63) is 12.4 Å². The molecule has 5 heteroatoms. The van der Waals surface area contributed by atoms with Gasteiger partial charge in [-0.15, -0.1) is 0 Å². The third kappa shape index (κ3) is 3.57. The highest BCUT2D eigenvalue weighted by molar-refractivity contribution is 5.36. The van der Waals surface area contributed by atoms with Gasteiger partial charge in [-0.25, -0.2) is 9.97 Å². The van der Waals surface area contributed by atoms with Crippen LogP contribution >= 0.6 is 0 Å². The Kier molecular flexibility index (Phi) is 4.12. The first-order valence-corrected chi connectivity index (χ1v) is 4.59. The lowest BCUT2D eigenvalue weighted by Crippen LogP contribution is -2.16. The minimum absolute atomic E-state index is 0.402. The van der Waals surface area contributed by atoms with Crippen LogP contribution in [-0.4, -0.2) is 34.3 Å². The molecule has 0 aromatic carbocycles. The lowest BCUT2D eigenvalue weighted by Gasteiger charge is -2.08. The molecule has 5 nitrogen and oxygen atoms in total. The normalized spacial score (nSPS) is 12.2. The average molecular weight is 197 g/mol. The van der Waals surface area contributed by atoms with Crippen LogP contribution in [0.15, 0.2) is 12.4 Å². The number of aliphatic hydroxyl groups excluding tert-OH is 1. The second-order valence-corrected chi connectivity index (χ2v) is 2.90. The van der Waals surface area contributed by atoms with E-state index in [9.17, 15) is 0 Å². The molecule has 0 bridgehead atoms. The van der Waals surface area contributed by atoms with Gasteiger partial charge in [0, 0.05) is 12.6 Å². The van der Waals surface area contributed by atoms with Crippen LogP contribution in [0.25, 0.3) is 0 Å². The summed E-state index contributed by atoms with van der Waals surface area (Å²) in [4.78, 5) is 7.90. The fourth-order valence-electron chi connectivity index (χ4n) is 0.915. The highest BCUT2D eigenvalue weighted by Crippen LogP contribution is 2.10. The molecule has 0 aliphatic carbocycles. The van der Waals surface area contributed by atoms with E-state index in [1.165, 1.54) is 6.33 Å². The van der Waals surface area contributed by atoms with E-state index in [0.29, 0.717) is 24.8 Å². The molecule has 0 radical (unpaired) electrons. The smallest absolute Gasteiger partial charge is 0.218 e. The third-order valence-corrected chi connectivity index (χ3v) is 1.51. The Labute approximate surface area is 83.2 Å². The summed E-state index contributed by atoms with van der Waals surface area (Å²) in [5.74, 6) is 1.19. The van der Waals surface area contributed by atoms with Gasteiger partial charge < -0.3 is 15.2 Å². The van der Waals surface area contributed by atoms with Crippen molar-refractivity contribution in [1.82, 2.24) is 9.97 Å². The predicted octanol–water partition coefficient (Wildman–Crippen LogP) is 0.668. The summed E-state index contributed by atoms with van der Waals surface area (Å²) in [6, 6.07) is 1.70. The van der Waals surface area contributed by atoms with Crippen LogP contribution in [0.1, 0.15) is 13.8 Å². The molecule has 1 rings (SSSR count). The van der Waals surface area contributed by atoms with Crippen LogP contribution < -0.4 is 10.1 Å². The Bertz CT molecular complexity index is 279. The van der Waals surface area contributed by atoms with Crippen molar-refractivity contribution in [2.24, 2.45) is 0 Å². The van der Waals surface area contributed by atoms with Crippen molar-refractivity contribution in [3.8, 4) is 5.88 Å². The van der Waals surface area contributed by atoms with Crippen LogP contribution in [0.5, 0.6) is 5.88 Å². The molecule has 1 heterocycles. The van der Waals surface area contributed by atoms with E-state index in [1.807, 2.05) is 6.92 Å². The third-order valence-electron chi connectivity index (χ3n) is 1.51. The first-order valence-electron chi connectivity index (χ1n) is 4.59. The van der Waals surface area contributed by atoms with Gasteiger partial charge in [0.15, 0.2) is 0 Å². The van der Waals surface area contributed by atoms with Gasteiger partial charge in [0.05, 0.1) is 12.7 Å². The molecule has 0 aliphatic rings. The molecule has 0 saturated carbocycles. The van der Waals surface area contributed by atoms with Crippen LogP contribution in [0.3, 0.4) is 0 Å². The van der Waals surface area contributed by atoms with E-state index in [4.69, 9.17) is 9.84 Å². The number of nitrogens with zero attached hydrogens (tertiary/aromatic N) is 2. The predicted molar refractivity (Wildman–Crippen MR) is 53.4 cm³/mol. The molecular formula is C9H15N3O2. The zero-order valence-electron chi connectivity index (χ0n) is 8.40. The van der Waals surface area contributed by atoms with E-state index >= 15 is 0 Å².